The second-order valence-corrected chi connectivity index (χ2v) is 9.06. The Morgan fingerprint density at radius 1 is 0.933 bits per heavy atom. The molecule has 1 amide bonds. The minimum Gasteiger partial charge on any atom is -0.347 e. The Hall–Kier alpha value is -3.01. The van der Waals surface area contributed by atoms with Crippen LogP contribution < -0.4 is 5.32 Å². The Labute approximate surface area is 176 Å². The minimum atomic E-state index is -0.189. The monoisotopic (exact) mass is 398 g/mol. The van der Waals surface area contributed by atoms with Gasteiger partial charge in [0.2, 0.25) is 0 Å². The number of fused-ring (bicyclic) bond motifs is 4. The lowest BCUT2D eigenvalue weighted by atomic mass is 9.58. The molecule has 3 aromatic rings. The number of aldehydes is 1. The molecule has 3 saturated carbocycles. The molecule has 0 atom stereocenters. The fraction of sp³-hybridized carbons (Fsp3) is 0.346. The van der Waals surface area contributed by atoms with Crippen LogP contribution in [0, 0.1) is 12.3 Å². The fourth-order valence-electron chi connectivity index (χ4n) is 5.36. The molecule has 1 N–H and O–H groups in total. The van der Waals surface area contributed by atoms with Crippen molar-refractivity contribution >= 4 is 23.1 Å². The molecular weight excluding hydrogens is 372 g/mol. The van der Waals surface area contributed by atoms with Crippen molar-refractivity contribution in [3.05, 3.63) is 65.7 Å². The van der Waals surface area contributed by atoms with E-state index in [0.29, 0.717) is 5.56 Å². The molecule has 4 nitrogen and oxygen atoms in total. The third-order valence-electron chi connectivity index (χ3n) is 7.34. The summed E-state index contributed by atoms with van der Waals surface area (Å²) in [4.78, 5) is 30.1. The standard InChI is InChI=1S/C26H26N2O2/c1-18-22(24(30)28-26-14-11-25(17-29,12-15-26)13-16-26)20-9-5-6-10-21(20)27-23(18)19-7-3-2-4-8-19/h2-10,17H,11-16H2,1H3,(H,28,30). The van der Waals surface area contributed by atoms with Crippen molar-refractivity contribution in [1.29, 1.82) is 0 Å². The molecule has 2 bridgehead atoms. The first kappa shape index (κ1) is 19.0. The highest BCUT2D eigenvalue weighted by Gasteiger charge is 2.49. The van der Waals surface area contributed by atoms with Gasteiger partial charge in [-0.1, -0.05) is 48.5 Å². The fourth-order valence-corrected chi connectivity index (χ4v) is 5.36. The van der Waals surface area contributed by atoms with E-state index in [2.05, 4.69) is 5.32 Å². The minimum absolute atomic E-state index is 0.0243. The van der Waals surface area contributed by atoms with Crippen LogP contribution in [0.2, 0.25) is 0 Å². The topological polar surface area (TPSA) is 59.1 Å². The number of carbonyl (C=O) groups is 2. The van der Waals surface area contributed by atoms with Gasteiger partial charge >= 0.3 is 0 Å². The quantitative estimate of drug-likeness (QED) is 0.612. The lowest BCUT2D eigenvalue weighted by Gasteiger charge is -2.51. The molecular formula is C26H26N2O2. The van der Waals surface area contributed by atoms with Gasteiger partial charge in [0.25, 0.3) is 5.91 Å². The molecule has 30 heavy (non-hydrogen) atoms. The van der Waals surface area contributed by atoms with E-state index in [1.807, 2.05) is 61.5 Å². The second kappa shape index (κ2) is 7.05. The number of carbonyl (C=O) groups excluding carboxylic acids is 2. The molecule has 6 rings (SSSR count). The molecule has 3 aliphatic carbocycles. The second-order valence-electron chi connectivity index (χ2n) is 9.06. The summed E-state index contributed by atoms with van der Waals surface area (Å²) in [6, 6.07) is 17.9. The number of rotatable bonds is 4. The summed E-state index contributed by atoms with van der Waals surface area (Å²) in [5.74, 6) is -0.0243. The van der Waals surface area contributed by atoms with Gasteiger partial charge in [-0.05, 0) is 57.1 Å². The van der Waals surface area contributed by atoms with Crippen LogP contribution in [0.3, 0.4) is 0 Å². The number of para-hydroxylation sites is 1. The van der Waals surface area contributed by atoms with Gasteiger partial charge in [0, 0.05) is 21.9 Å². The third-order valence-corrected chi connectivity index (χ3v) is 7.34. The summed E-state index contributed by atoms with van der Waals surface area (Å²) >= 11 is 0. The number of nitrogens with zero attached hydrogens (tertiary/aromatic N) is 1. The van der Waals surface area contributed by atoms with Crippen LogP contribution in [-0.4, -0.2) is 22.7 Å². The molecule has 0 saturated heterocycles. The average Bonchev–Trinajstić information content (AvgIpc) is 2.80. The van der Waals surface area contributed by atoms with Crippen LogP contribution in [0.15, 0.2) is 54.6 Å². The first-order valence-corrected chi connectivity index (χ1v) is 10.8. The SMILES string of the molecule is Cc1c(-c2ccccc2)nc2ccccc2c1C(=O)NC12CCC(C=O)(CC1)CC2. The summed E-state index contributed by atoms with van der Waals surface area (Å²) in [5, 5.41) is 4.29. The molecule has 3 aliphatic rings. The van der Waals surface area contributed by atoms with Gasteiger partial charge in [0.1, 0.15) is 6.29 Å². The maximum absolute atomic E-state index is 13.7. The van der Waals surface area contributed by atoms with Crippen molar-refractivity contribution in [1.82, 2.24) is 10.3 Å². The summed E-state index contributed by atoms with van der Waals surface area (Å²) in [7, 11) is 0. The van der Waals surface area contributed by atoms with Gasteiger partial charge < -0.3 is 10.1 Å². The molecule has 0 aliphatic heterocycles. The van der Waals surface area contributed by atoms with E-state index < -0.39 is 0 Å². The lowest BCUT2D eigenvalue weighted by molar-refractivity contribution is -0.122. The van der Waals surface area contributed by atoms with Gasteiger partial charge in [-0.3, -0.25) is 4.79 Å². The van der Waals surface area contributed by atoms with E-state index in [1.165, 1.54) is 0 Å². The van der Waals surface area contributed by atoms with Crippen molar-refractivity contribution in [3.8, 4) is 11.3 Å². The first-order valence-electron chi connectivity index (χ1n) is 10.8. The summed E-state index contributed by atoms with van der Waals surface area (Å²) < 4.78 is 0. The van der Waals surface area contributed by atoms with Gasteiger partial charge in [-0.25, -0.2) is 4.98 Å². The number of hydrogen-bond donors (Lipinski definition) is 1. The van der Waals surface area contributed by atoms with Crippen LogP contribution >= 0.6 is 0 Å². The van der Waals surface area contributed by atoms with Crippen LogP contribution in [0.5, 0.6) is 0 Å². The van der Waals surface area contributed by atoms with Crippen molar-refractivity contribution in [2.75, 3.05) is 0 Å². The molecule has 0 spiro atoms. The number of benzene rings is 2. The van der Waals surface area contributed by atoms with E-state index in [1.54, 1.807) is 0 Å². The smallest absolute Gasteiger partial charge is 0.252 e. The number of nitrogens with one attached hydrogen (secondary N) is 1. The lowest BCUT2D eigenvalue weighted by Crippen LogP contribution is -2.57. The van der Waals surface area contributed by atoms with Crippen LogP contribution in [0.25, 0.3) is 22.2 Å². The van der Waals surface area contributed by atoms with E-state index in [4.69, 9.17) is 4.98 Å². The van der Waals surface area contributed by atoms with Gasteiger partial charge in [-0.15, -0.1) is 0 Å². The highest BCUT2D eigenvalue weighted by atomic mass is 16.1. The van der Waals surface area contributed by atoms with Crippen LogP contribution in [-0.2, 0) is 4.79 Å². The molecule has 2 aromatic carbocycles. The highest BCUT2D eigenvalue weighted by Crippen LogP contribution is 2.51. The highest BCUT2D eigenvalue weighted by molar-refractivity contribution is 6.09. The summed E-state index contributed by atoms with van der Waals surface area (Å²) in [6.45, 7) is 1.99. The van der Waals surface area contributed by atoms with Gasteiger partial charge in [0.05, 0.1) is 16.8 Å². The molecule has 1 heterocycles. The Bertz CT molecular complexity index is 1110. The van der Waals surface area contributed by atoms with Crippen LogP contribution in [0.1, 0.15) is 54.4 Å². The molecule has 152 valence electrons. The number of pyridine rings is 1. The number of aromatic nitrogens is 1. The predicted octanol–water partition coefficient (Wildman–Crippen LogP) is 5.23. The summed E-state index contributed by atoms with van der Waals surface area (Å²) in [5.41, 5.74) is 3.98. The molecule has 4 heteroatoms. The molecule has 1 aromatic heterocycles. The van der Waals surface area contributed by atoms with E-state index in [-0.39, 0.29) is 16.9 Å². The predicted molar refractivity (Wildman–Crippen MR) is 118 cm³/mol. The zero-order valence-corrected chi connectivity index (χ0v) is 17.3. The Balaban J connectivity index is 1.56. The Morgan fingerprint density at radius 3 is 2.23 bits per heavy atom. The zero-order valence-electron chi connectivity index (χ0n) is 17.3. The third kappa shape index (κ3) is 3.02. The van der Waals surface area contributed by atoms with E-state index in [0.717, 1.165) is 72.5 Å². The van der Waals surface area contributed by atoms with Crippen molar-refractivity contribution in [2.24, 2.45) is 5.41 Å². The Morgan fingerprint density at radius 2 is 1.57 bits per heavy atom. The molecule has 3 fully saturated rings. The number of hydrogen-bond acceptors (Lipinski definition) is 3. The first-order chi connectivity index (χ1) is 14.5. The van der Waals surface area contributed by atoms with Crippen molar-refractivity contribution in [2.45, 2.75) is 51.0 Å². The van der Waals surface area contributed by atoms with Gasteiger partial charge in [-0.2, -0.15) is 0 Å². The van der Waals surface area contributed by atoms with Gasteiger partial charge in [0.15, 0.2) is 0 Å². The largest absolute Gasteiger partial charge is 0.347 e. The summed E-state index contributed by atoms with van der Waals surface area (Å²) in [6.07, 6.45) is 6.43. The molecule has 0 unspecified atom stereocenters. The maximum Gasteiger partial charge on any atom is 0.252 e. The number of amides is 1. The van der Waals surface area contributed by atoms with Crippen molar-refractivity contribution < 1.29 is 9.59 Å². The maximum atomic E-state index is 13.7. The van der Waals surface area contributed by atoms with E-state index >= 15 is 0 Å². The normalized spacial score (nSPS) is 25.2. The van der Waals surface area contributed by atoms with E-state index in [9.17, 15) is 9.59 Å². The molecule has 0 radical (unpaired) electrons. The average molecular weight is 399 g/mol. The Kier molecular flexibility index (Phi) is 4.46. The van der Waals surface area contributed by atoms with Crippen molar-refractivity contribution in [3.63, 3.8) is 0 Å². The van der Waals surface area contributed by atoms with Crippen LogP contribution in [0.4, 0.5) is 0 Å². The zero-order chi connectivity index (χ0) is 20.8.